The molecule has 2 aromatic rings. The Hall–Kier alpha value is -1.44. The minimum Gasteiger partial charge on any atom is -0.481 e. The molecule has 2 rings (SSSR count). The number of hydrogen-bond acceptors (Lipinski definition) is 5. The van der Waals surface area contributed by atoms with E-state index in [9.17, 15) is 0 Å². The van der Waals surface area contributed by atoms with Crippen molar-refractivity contribution in [3.05, 3.63) is 27.6 Å². The van der Waals surface area contributed by atoms with Crippen molar-refractivity contribution in [2.24, 2.45) is 0 Å². The monoisotopic (exact) mass is 398 g/mol. The highest BCUT2D eigenvalue weighted by Gasteiger charge is 2.13. The van der Waals surface area contributed by atoms with E-state index in [1.54, 1.807) is 13.3 Å². The molecule has 2 aromatic heterocycles. The highest BCUT2D eigenvalue weighted by atomic mass is 127. The Balaban J connectivity index is 2.45. The van der Waals surface area contributed by atoms with Gasteiger partial charge in [0.1, 0.15) is 5.82 Å². The Morgan fingerprint density at radius 1 is 1.24 bits per heavy atom. The van der Waals surface area contributed by atoms with Crippen LogP contribution in [0.4, 0.5) is 5.82 Å². The van der Waals surface area contributed by atoms with Crippen LogP contribution in [0.5, 0.6) is 5.88 Å². The van der Waals surface area contributed by atoms with E-state index in [1.807, 2.05) is 12.1 Å². The van der Waals surface area contributed by atoms with Crippen molar-refractivity contribution in [3.8, 4) is 17.3 Å². The van der Waals surface area contributed by atoms with Gasteiger partial charge in [0, 0.05) is 24.4 Å². The van der Waals surface area contributed by atoms with Gasteiger partial charge in [-0.25, -0.2) is 15.0 Å². The minimum absolute atomic E-state index is 0.588. The first-order valence-corrected chi connectivity index (χ1v) is 8.08. The molecule has 0 aromatic carbocycles. The molecular formula is C15H19IN4O. The summed E-state index contributed by atoms with van der Waals surface area (Å²) in [5.74, 6) is 2.18. The molecule has 0 aliphatic carbocycles. The minimum atomic E-state index is 0.588. The Kier molecular flexibility index (Phi) is 5.72. The predicted molar refractivity (Wildman–Crippen MR) is 92.7 cm³/mol. The van der Waals surface area contributed by atoms with Crippen LogP contribution in [0.1, 0.15) is 26.0 Å². The molecule has 0 bridgehead atoms. The lowest BCUT2D eigenvalue weighted by Crippen LogP contribution is -2.08. The van der Waals surface area contributed by atoms with E-state index in [-0.39, 0.29) is 0 Å². The first-order valence-electron chi connectivity index (χ1n) is 7.00. The van der Waals surface area contributed by atoms with Crippen molar-refractivity contribution < 1.29 is 4.74 Å². The molecule has 5 nitrogen and oxygen atoms in total. The van der Waals surface area contributed by atoms with E-state index in [0.717, 1.165) is 40.0 Å². The fourth-order valence-corrected chi connectivity index (χ4v) is 2.64. The normalized spacial score (nSPS) is 10.5. The van der Waals surface area contributed by atoms with E-state index in [2.05, 4.69) is 51.7 Å². The Morgan fingerprint density at radius 2 is 2.05 bits per heavy atom. The molecule has 0 amide bonds. The molecule has 0 saturated heterocycles. The van der Waals surface area contributed by atoms with Gasteiger partial charge < -0.3 is 10.1 Å². The van der Waals surface area contributed by atoms with Crippen LogP contribution in [0.25, 0.3) is 11.4 Å². The van der Waals surface area contributed by atoms with Gasteiger partial charge in [0.25, 0.3) is 0 Å². The van der Waals surface area contributed by atoms with E-state index in [1.165, 1.54) is 0 Å². The van der Waals surface area contributed by atoms with E-state index in [0.29, 0.717) is 11.7 Å². The molecule has 2 heterocycles. The van der Waals surface area contributed by atoms with E-state index in [4.69, 9.17) is 9.72 Å². The third kappa shape index (κ3) is 3.81. The second-order valence-electron chi connectivity index (χ2n) is 4.53. The Morgan fingerprint density at radius 3 is 2.62 bits per heavy atom. The summed E-state index contributed by atoms with van der Waals surface area (Å²) < 4.78 is 6.18. The van der Waals surface area contributed by atoms with Crippen molar-refractivity contribution in [2.75, 3.05) is 19.0 Å². The van der Waals surface area contributed by atoms with Crippen molar-refractivity contribution in [2.45, 2.75) is 26.7 Å². The summed E-state index contributed by atoms with van der Waals surface area (Å²) in [4.78, 5) is 13.5. The number of ether oxygens (including phenoxy) is 1. The summed E-state index contributed by atoms with van der Waals surface area (Å²) in [6.07, 6.45) is 3.74. The average Bonchev–Trinajstić information content (AvgIpc) is 2.51. The Bertz CT molecular complexity index is 574. The molecule has 112 valence electrons. The maximum absolute atomic E-state index is 5.08. The lowest BCUT2D eigenvalue weighted by Gasteiger charge is -2.12. The number of methoxy groups -OCH3 is 1. The van der Waals surface area contributed by atoms with Crippen LogP contribution in [0.2, 0.25) is 0 Å². The second-order valence-corrected chi connectivity index (χ2v) is 5.60. The van der Waals surface area contributed by atoms with E-state index < -0.39 is 0 Å². The summed E-state index contributed by atoms with van der Waals surface area (Å²) in [5, 5.41) is 3.30. The molecule has 0 aliphatic rings. The van der Waals surface area contributed by atoms with Crippen LogP contribution in [0.3, 0.4) is 0 Å². The first-order chi connectivity index (χ1) is 10.2. The Labute approximate surface area is 138 Å². The number of nitrogens with one attached hydrogen (secondary N) is 1. The van der Waals surface area contributed by atoms with Gasteiger partial charge in [0.05, 0.1) is 16.4 Å². The van der Waals surface area contributed by atoms with Crippen LogP contribution < -0.4 is 10.1 Å². The predicted octanol–water partition coefficient (Wildman–Crippen LogP) is 3.54. The number of hydrogen-bond donors (Lipinski definition) is 1. The summed E-state index contributed by atoms with van der Waals surface area (Å²) in [6, 6.07) is 3.75. The fraction of sp³-hybridized carbons (Fsp3) is 0.400. The van der Waals surface area contributed by atoms with Crippen LogP contribution in [0.15, 0.2) is 18.3 Å². The quantitative estimate of drug-likeness (QED) is 0.755. The number of rotatable bonds is 6. The third-order valence-electron chi connectivity index (χ3n) is 2.95. The molecule has 0 spiro atoms. The zero-order valence-corrected chi connectivity index (χ0v) is 14.6. The number of halogens is 1. The standard InChI is InChI=1S/C15H19IN4O/c1-4-6-11-13(16)15(17-5-2)20-14(19-11)10-7-8-12(21-3)18-9-10/h7-9H,4-6H2,1-3H3,(H,17,19,20). The fourth-order valence-electron chi connectivity index (χ4n) is 1.94. The zero-order valence-electron chi connectivity index (χ0n) is 12.5. The molecule has 0 fully saturated rings. The van der Waals surface area contributed by atoms with Gasteiger partial charge in [-0.3, -0.25) is 0 Å². The lowest BCUT2D eigenvalue weighted by atomic mass is 10.2. The molecule has 1 N–H and O–H groups in total. The maximum Gasteiger partial charge on any atom is 0.212 e. The number of nitrogens with zero attached hydrogens (tertiary/aromatic N) is 3. The molecule has 21 heavy (non-hydrogen) atoms. The van der Waals surface area contributed by atoms with Gasteiger partial charge in [-0.15, -0.1) is 0 Å². The average molecular weight is 398 g/mol. The maximum atomic E-state index is 5.08. The number of aromatic nitrogens is 3. The van der Waals surface area contributed by atoms with Crippen LogP contribution in [0, 0.1) is 3.57 Å². The molecular weight excluding hydrogens is 379 g/mol. The van der Waals surface area contributed by atoms with Gasteiger partial charge in [0.15, 0.2) is 5.82 Å². The van der Waals surface area contributed by atoms with Crippen molar-refractivity contribution >= 4 is 28.4 Å². The van der Waals surface area contributed by atoms with Crippen LogP contribution >= 0.6 is 22.6 Å². The summed E-state index contributed by atoms with van der Waals surface area (Å²) in [6.45, 7) is 5.05. The molecule has 0 unspecified atom stereocenters. The van der Waals surface area contributed by atoms with Gasteiger partial charge in [-0.1, -0.05) is 13.3 Å². The molecule has 0 saturated carbocycles. The zero-order chi connectivity index (χ0) is 15.2. The molecule has 0 radical (unpaired) electrons. The molecule has 0 atom stereocenters. The van der Waals surface area contributed by atoms with Crippen LogP contribution in [-0.4, -0.2) is 28.6 Å². The topological polar surface area (TPSA) is 59.9 Å². The van der Waals surface area contributed by atoms with Crippen LogP contribution in [-0.2, 0) is 6.42 Å². The van der Waals surface area contributed by atoms with E-state index >= 15 is 0 Å². The van der Waals surface area contributed by atoms with Crippen molar-refractivity contribution in [3.63, 3.8) is 0 Å². The second kappa shape index (κ2) is 7.53. The van der Waals surface area contributed by atoms with Gasteiger partial charge in [0.2, 0.25) is 5.88 Å². The summed E-state index contributed by atoms with van der Waals surface area (Å²) in [7, 11) is 1.60. The van der Waals surface area contributed by atoms with Gasteiger partial charge in [-0.05, 0) is 42.0 Å². The van der Waals surface area contributed by atoms with Gasteiger partial charge in [-0.2, -0.15) is 0 Å². The highest BCUT2D eigenvalue weighted by Crippen LogP contribution is 2.25. The molecule has 6 heteroatoms. The van der Waals surface area contributed by atoms with Gasteiger partial charge >= 0.3 is 0 Å². The smallest absolute Gasteiger partial charge is 0.212 e. The third-order valence-corrected chi connectivity index (χ3v) is 4.09. The number of pyridine rings is 1. The van der Waals surface area contributed by atoms with Crippen molar-refractivity contribution in [1.82, 2.24) is 15.0 Å². The molecule has 0 aliphatic heterocycles. The number of aryl methyl sites for hydroxylation is 1. The summed E-state index contributed by atoms with van der Waals surface area (Å²) >= 11 is 2.31. The largest absolute Gasteiger partial charge is 0.481 e. The first kappa shape index (κ1) is 15.9. The SMILES string of the molecule is CCCc1nc(-c2ccc(OC)nc2)nc(NCC)c1I. The highest BCUT2D eigenvalue weighted by molar-refractivity contribution is 14.1. The number of anilines is 1. The van der Waals surface area contributed by atoms with Crippen molar-refractivity contribution in [1.29, 1.82) is 0 Å². The summed E-state index contributed by atoms with van der Waals surface area (Å²) in [5.41, 5.74) is 1.97. The lowest BCUT2D eigenvalue weighted by molar-refractivity contribution is 0.398.